The van der Waals surface area contributed by atoms with Crippen molar-refractivity contribution in [2.75, 3.05) is 6.61 Å². The van der Waals surface area contributed by atoms with E-state index in [1.54, 1.807) is 0 Å². The van der Waals surface area contributed by atoms with Crippen LogP contribution in [0.15, 0.2) is 12.2 Å². The molecule has 6 nitrogen and oxygen atoms in total. The molecule has 0 radical (unpaired) electrons. The Morgan fingerprint density at radius 1 is 0.338 bits per heavy atom. The van der Waals surface area contributed by atoms with Crippen molar-refractivity contribution in [3.63, 3.8) is 0 Å². The van der Waals surface area contributed by atoms with Crippen molar-refractivity contribution in [1.82, 2.24) is 5.32 Å². The van der Waals surface area contributed by atoms with Crippen LogP contribution in [0.3, 0.4) is 0 Å². The van der Waals surface area contributed by atoms with Crippen LogP contribution in [0.1, 0.15) is 367 Å². The van der Waals surface area contributed by atoms with Crippen LogP contribution in [0.4, 0.5) is 0 Å². The summed E-state index contributed by atoms with van der Waals surface area (Å²) >= 11 is 0. The molecule has 0 aromatic rings. The number of aliphatic hydroxyl groups excluding tert-OH is 4. The molecule has 0 aliphatic heterocycles. The fraction of sp³-hybridized carbons (Fsp3) is 0.954. The zero-order chi connectivity index (χ0) is 51.6. The van der Waals surface area contributed by atoms with Gasteiger partial charge in [0.1, 0.15) is 12.2 Å². The summed E-state index contributed by atoms with van der Waals surface area (Å²) in [5.74, 6) is -0.579. The van der Waals surface area contributed by atoms with E-state index in [-0.39, 0.29) is 0 Å². The first-order valence-corrected chi connectivity index (χ1v) is 32.6. The second-order valence-corrected chi connectivity index (χ2v) is 22.8. The summed E-state index contributed by atoms with van der Waals surface area (Å²) in [6, 6.07) is -0.986. The quantitative estimate of drug-likeness (QED) is 0.0308. The maximum Gasteiger partial charge on any atom is 0.249 e. The summed E-state index contributed by atoms with van der Waals surface area (Å²) in [4.78, 5) is 12.6. The third-order valence-electron chi connectivity index (χ3n) is 15.7. The van der Waals surface area contributed by atoms with E-state index in [2.05, 4.69) is 31.3 Å². The molecule has 5 N–H and O–H groups in total. The summed E-state index contributed by atoms with van der Waals surface area (Å²) in [6.45, 7) is 4.11. The van der Waals surface area contributed by atoms with Gasteiger partial charge in [-0.25, -0.2) is 0 Å². The molecule has 0 saturated carbocycles. The Kier molecular flexibility index (Phi) is 59.1. The van der Waals surface area contributed by atoms with E-state index in [9.17, 15) is 25.2 Å². The van der Waals surface area contributed by atoms with E-state index < -0.39 is 36.9 Å². The number of hydrogen-bond acceptors (Lipinski definition) is 5. The predicted octanol–water partition coefficient (Wildman–Crippen LogP) is 19.6. The Bertz CT molecular complexity index is 1040. The molecule has 0 aromatic carbocycles. The molecule has 71 heavy (non-hydrogen) atoms. The van der Waals surface area contributed by atoms with Crippen molar-refractivity contribution in [1.29, 1.82) is 0 Å². The van der Waals surface area contributed by atoms with Crippen LogP contribution >= 0.6 is 0 Å². The molecule has 0 spiro atoms. The minimum absolute atomic E-state index is 0.369. The van der Waals surface area contributed by atoms with Gasteiger partial charge in [0, 0.05) is 0 Å². The molecule has 0 saturated heterocycles. The molecule has 4 unspecified atom stereocenters. The van der Waals surface area contributed by atoms with Crippen molar-refractivity contribution in [2.24, 2.45) is 0 Å². The van der Waals surface area contributed by atoms with Crippen LogP contribution in [0.25, 0.3) is 0 Å². The molecule has 0 aromatic heterocycles. The van der Waals surface area contributed by atoms with Crippen LogP contribution < -0.4 is 5.32 Å². The summed E-state index contributed by atoms with van der Waals surface area (Å²) < 4.78 is 0. The molecule has 0 bridgehead atoms. The molecule has 0 fully saturated rings. The number of amides is 1. The minimum Gasteiger partial charge on any atom is -0.394 e. The van der Waals surface area contributed by atoms with Gasteiger partial charge in [0.2, 0.25) is 5.91 Å². The SMILES string of the molecule is CCCCCCCCCCCCCC/C=C\CCCCCCCCCCC(O)C(=O)NC(CO)C(O)C(O)CCCCCCCCCCCCCCCCCCCCCCCCCCCCCCCCC. The second-order valence-electron chi connectivity index (χ2n) is 22.8. The molecule has 0 rings (SSSR count). The van der Waals surface area contributed by atoms with Gasteiger partial charge in [-0.1, -0.05) is 341 Å². The summed E-state index contributed by atoms with van der Waals surface area (Å²) in [7, 11) is 0. The molecular formula is C65H129NO5. The predicted molar refractivity (Wildman–Crippen MR) is 311 cm³/mol. The highest BCUT2D eigenvalue weighted by Crippen LogP contribution is 2.19. The zero-order valence-corrected chi connectivity index (χ0v) is 48.3. The molecule has 6 heteroatoms. The van der Waals surface area contributed by atoms with E-state index in [1.807, 2.05) is 0 Å². The third-order valence-corrected chi connectivity index (χ3v) is 15.7. The smallest absolute Gasteiger partial charge is 0.249 e. The summed E-state index contributed by atoms with van der Waals surface area (Å²) in [6.07, 6.45) is 73.1. The van der Waals surface area contributed by atoms with Crippen LogP contribution in [0.2, 0.25) is 0 Å². The zero-order valence-electron chi connectivity index (χ0n) is 48.3. The highest BCUT2D eigenvalue weighted by atomic mass is 16.3. The van der Waals surface area contributed by atoms with Gasteiger partial charge in [-0.05, 0) is 38.5 Å². The number of carbonyl (C=O) groups excluding carboxylic acids is 1. The van der Waals surface area contributed by atoms with Gasteiger partial charge in [0.05, 0.1) is 18.8 Å². The maximum atomic E-state index is 12.6. The van der Waals surface area contributed by atoms with E-state index in [1.165, 1.54) is 302 Å². The lowest BCUT2D eigenvalue weighted by Gasteiger charge is -2.27. The molecule has 0 aliphatic carbocycles. The van der Waals surface area contributed by atoms with Crippen molar-refractivity contribution in [3.05, 3.63) is 12.2 Å². The van der Waals surface area contributed by atoms with Crippen molar-refractivity contribution in [3.8, 4) is 0 Å². The standard InChI is InChI=1S/C65H129NO5/c1-3-5-7-9-11-13-15-17-19-21-23-25-27-29-30-31-32-33-34-35-37-38-40-42-44-46-48-50-52-54-56-58-62(68)64(70)61(60-67)66-65(71)63(69)59-57-55-53-51-49-47-45-43-41-39-36-28-26-24-22-20-18-16-14-12-10-8-6-4-2/h36,39,61-64,67-70H,3-35,37-38,40-60H2,1-2H3,(H,66,71)/b39-36-. The lowest BCUT2D eigenvalue weighted by molar-refractivity contribution is -0.132. The lowest BCUT2D eigenvalue weighted by atomic mass is 9.99. The highest BCUT2D eigenvalue weighted by Gasteiger charge is 2.28. The second kappa shape index (κ2) is 59.9. The molecule has 0 heterocycles. The first-order chi connectivity index (χ1) is 35.0. The van der Waals surface area contributed by atoms with Crippen molar-refractivity contribution in [2.45, 2.75) is 391 Å². The Morgan fingerprint density at radius 2 is 0.563 bits per heavy atom. The topological polar surface area (TPSA) is 110 Å². The van der Waals surface area contributed by atoms with E-state index >= 15 is 0 Å². The number of carbonyl (C=O) groups is 1. The van der Waals surface area contributed by atoms with E-state index in [0.29, 0.717) is 12.8 Å². The minimum atomic E-state index is -1.26. The number of allylic oxidation sites excluding steroid dienone is 2. The van der Waals surface area contributed by atoms with Gasteiger partial charge in [-0.15, -0.1) is 0 Å². The normalized spacial score (nSPS) is 13.6. The van der Waals surface area contributed by atoms with E-state index in [4.69, 9.17) is 0 Å². The first kappa shape index (κ1) is 70.1. The number of nitrogens with one attached hydrogen (secondary N) is 1. The highest BCUT2D eigenvalue weighted by molar-refractivity contribution is 5.80. The Morgan fingerprint density at radius 3 is 0.817 bits per heavy atom. The van der Waals surface area contributed by atoms with Crippen molar-refractivity contribution >= 4 is 5.91 Å². The van der Waals surface area contributed by atoms with Gasteiger partial charge in [0.15, 0.2) is 0 Å². The third kappa shape index (κ3) is 53.7. The van der Waals surface area contributed by atoms with Gasteiger partial charge < -0.3 is 25.7 Å². The number of unbranched alkanes of at least 4 members (excludes halogenated alkanes) is 50. The van der Waals surface area contributed by atoms with Crippen LogP contribution in [0.5, 0.6) is 0 Å². The van der Waals surface area contributed by atoms with Gasteiger partial charge in [-0.2, -0.15) is 0 Å². The maximum absolute atomic E-state index is 12.6. The van der Waals surface area contributed by atoms with Crippen LogP contribution in [0, 0.1) is 0 Å². The summed E-state index contributed by atoms with van der Waals surface area (Å²) in [5, 5.41) is 44.2. The number of aliphatic hydroxyl groups is 4. The van der Waals surface area contributed by atoms with E-state index in [0.717, 1.165) is 38.5 Å². The molecule has 0 aliphatic rings. The average Bonchev–Trinajstić information content (AvgIpc) is 3.38. The fourth-order valence-electron chi connectivity index (χ4n) is 10.6. The average molecular weight is 1000 g/mol. The molecular weight excluding hydrogens is 875 g/mol. The Hall–Kier alpha value is -0.950. The first-order valence-electron chi connectivity index (χ1n) is 32.6. The fourth-order valence-corrected chi connectivity index (χ4v) is 10.6. The largest absolute Gasteiger partial charge is 0.394 e. The lowest BCUT2D eigenvalue weighted by Crippen LogP contribution is -2.53. The molecule has 4 atom stereocenters. The molecule has 1 amide bonds. The Labute approximate surface area is 444 Å². The van der Waals surface area contributed by atoms with Gasteiger partial charge >= 0.3 is 0 Å². The monoisotopic (exact) mass is 1000 g/mol. The van der Waals surface area contributed by atoms with Crippen molar-refractivity contribution < 1.29 is 25.2 Å². The summed E-state index contributed by atoms with van der Waals surface area (Å²) in [5.41, 5.74) is 0. The molecule has 424 valence electrons. The van der Waals surface area contributed by atoms with Gasteiger partial charge in [-0.3, -0.25) is 4.79 Å². The van der Waals surface area contributed by atoms with Crippen LogP contribution in [-0.2, 0) is 4.79 Å². The van der Waals surface area contributed by atoms with Gasteiger partial charge in [0.25, 0.3) is 0 Å². The van der Waals surface area contributed by atoms with Crippen LogP contribution in [-0.4, -0.2) is 57.3 Å². The number of rotatable bonds is 61. The number of hydrogen-bond donors (Lipinski definition) is 5. The Balaban J connectivity index is 3.55.